The summed E-state index contributed by atoms with van der Waals surface area (Å²) < 4.78 is 38.0. The van der Waals surface area contributed by atoms with Crippen molar-refractivity contribution in [1.29, 1.82) is 0 Å². The Hall–Kier alpha value is -2.22. The minimum atomic E-state index is -4.65. The summed E-state index contributed by atoms with van der Waals surface area (Å²) in [5.74, 6) is -1.94. The molecule has 0 unspecified atom stereocenters. The van der Waals surface area contributed by atoms with E-state index in [0.717, 1.165) is 6.07 Å². The molecule has 0 radical (unpaired) electrons. The molecule has 1 aromatic carbocycles. The predicted molar refractivity (Wildman–Crippen MR) is 62.7 cm³/mol. The number of hydrogen-bond donors (Lipinski definition) is 3. The molecule has 0 atom stereocenters. The lowest BCUT2D eigenvalue weighted by atomic mass is 10.1. The number of nitrogens with zero attached hydrogens (tertiary/aromatic N) is 1. The van der Waals surface area contributed by atoms with Crippen molar-refractivity contribution in [3.63, 3.8) is 0 Å². The van der Waals surface area contributed by atoms with Gasteiger partial charge < -0.3 is 10.2 Å². The molecule has 1 aromatic heterocycles. The molecule has 1 heterocycles. The minimum absolute atomic E-state index is 0.159. The number of phenols is 1. The highest BCUT2D eigenvalue weighted by atomic mass is 35.5. The van der Waals surface area contributed by atoms with Gasteiger partial charge >= 0.3 is 12.1 Å². The molecule has 0 aliphatic carbocycles. The molecule has 2 rings (SSSR count). The quantitative estimate of drug-likeness (QED) is 0.795. The average molecular weight is 307 g/mol. The van der Waals surface area contributed by atoms with Crippen LogP contribution < -0.4 is 0 Å². The molecule has 0 bridgehead atoms. The maximum atomic E-state index is 12.7. The molecule has 5 nitrogen and oxygen atoms in total. The molecule has 2 aromatic rings. The number of phenolic OH excluding ortho intramolecular Hbond substituents is 1. The van der Waals surface area contributed by atoms with Gasteiger partial charge in [-0.3, -0.25) is 5.10 Å². The van der Waals surface area contributed by atoms with Gasteiger partial charge in [0.2, 0.25) is 0 Å². The Morgan fingerprint density at radius 3 is 2.45 bits per heavy atom. The fraction of sp³-hybridized carbons (Fsp3) is 0.0909. The third kappa shape index (κ3) is 2.55. The second kappa shape index (κ2) is 4.71. The Labute approximate surface area is 114 Å². The van der Waals surface area contributed by atoms with Crippen molar-refractivity contribution >= 4 is 17.6 Å². The number of benzene rings is 1. The third-order valence-electron chi connectivity index (χ3n) is 2.47. The van der Waals surface area contributed by atoms with Crippen molar-refractivity contribution in [3.8, 4) is 17.0 Å². The van der Waals surface area contributed by atoms with Crippen LogP contribution >= 0.6 is 11.6 Å². The SMILES string of the molecule is O=C(O)c1cc(-c2cc(C(F)(F)F)cc(Cl)c2O)n[nH]1. The van der Waals surface area contributed by atoms with Gasteiger partial charge in [0.25, 0.3) is 0 Å². The molecule has 20 heavy (non-hydrogen) atoms. The number of carboxylic acid groups (broad SMARTS) is 1. The van der Waals surface area contributed by atoms with Crippen LogP contribution in [-0.2, 0) is 6.18 Å². The first kappa shape index (κ1) is 14.2. The van der Waals surface area contributed by atoms with Crippen LogP contribution in [0.5, 0.6) is 5.75 Å². The first-order chi connectivity index (χ1) is 9.20. The summed E-state index contributed by atoms with van der Waals surface area (Å²) >= 11 is 5.54. The van der Waals surface area contributed by atoms with E-state index < -0.39 is 28.5 Å². The molecule has 0 saturated carbocycles. The van der Waals surface area contributed by atoms with Crippen molar-refractivity contribution < 1.29 is 28.2 Å². The number of aromatic amines is 1. The lowest BCUT2D eigenvalue weighted by Gasteiger charge is -2.10. The second-order valence-electron chi connectivity index (χ2n) is 3.82. The Kier molecular flexibility index (Phi) is 3.34. The average Bonchev–Trinajstić information content (AvgIpc) is 2.80. The minimum Gasteiger partial charge on any atom is -0.506 e. The molecule has 0 spiro atoms. The topological polar surface area (TPSA) is 86.2 Å². The molecular formula is C11H6ClF3N2O3. The van der Waals surface area contributed by atoms with E-state index >= 15 is 0 Å². The molecule has 0 aliphatic rings. The summed E-state index contributed by atoms with van der Waals surface area (Å²) in [6, 6.07) is 2.21. The summed E-state index contributed by atoms with van der Waals surface area (Å²) in [5, 5.41) is 23.6. The molecule has 0 amide bonds. The van der Waals surface area contributed by atoms with Crippen LogP contribution in [0, 0.1) is 0 Å². The standard InChI is InChI=1S/C11H6ClF3N2O3/c12-6-2-4(11(13,14)15)1-5(9(6)18)7-3-8(10(19)20)17-16-7/h1-3,18H,(H,16,17)(H,19,20). The Morgan fingerprint density at radius 1 is 1.30 bits per heavy atom. The number of rotatable bonds is 2. The Bertz CT molecular complexity index is 682. The van der Waals surface area contributed by atoms with Crippen LogP contribution in [-0.4, -0.2) is 26.4 Å². The number of carbonyl (C=O) groups is 1. The predicted octanol–water partition coefficient (Wildman–Crippen LogP) is 3.15. The lowest BCUT2D eigenvalue weighted by Crippen LogP contribution is -2.05. The van der Waals surface area contributed by atoms with Crippen molar-refractivity contribution in [1.82, 2.24) is 10.2 Å². The zero-order valence-electron chi connectivity index (χ0n) is 9.49. The van der Waals surface area contributed by atoms with Gasteiger partial charge in [0.15, 0.2) is 0 Å². The van der Waals surface area contributed by atoms with E-state index in [1.54, 1.807) is 0 Å². The molecular weight excluding hydrogens is 301 g/mol. The maximum absolute atomic E-state index is 12.7. The number of aromatic hydroxyl groups is 1. The number of aromatic nitrogens is 2. The summed E-state index contributed by atoms with van der Waals surface area (Å²) in [6.45, 7) is 0. The number of nitrogens with one attached hydrogen (secondary N) is 1. The van der Waals surface area contributed by atoms with Crippen LogP contribution in [0.2, 0.25) is 5.02 Å². The number of alkyl halides is 3. The molecule has 0 saturated heterocycles. The van der Waals surface area contributed by atoms with Crippen molar-refractivity contribution in [2.45, 2.75) is 6.18 Å². The normalized spacial score (nSPS) is 11.6. The number of carboxylic acids is 1. The molecule has 3 N–H and O–H groups in total. The summed E-state index contributed by atoms with van der Waals surface area (Å²) in [4.78, 5) is 10.7. The summed E-state index contributed by atoms with van der Waals surface area (Å²) in [7, 11) is 0. The van der Waals surface area contributed by atoms with Gasteiger partial charge in [-0.15, -0.1) is 0 Å². The zero-order chi connectivity index (χ0) is 15.1. The number of hydrogen-bond acceptors (Lipinski definition) is 3. The largest absolute Gasteiger partial charge is 0.506 e. The maximum Gasteiger partial charge on any atom is 0.416 e. The number of halogens is 4. The van der Waals surface area contributed by atoms with E-state index in [1.165, 1.54) is 0 Å². The Morgan fingerprint density at radius 2 is 1.95 bits per heavy atom. The van der Waals surface area contributed by atoms with Gasteiger partial charge in [0.1, 0.15) is 11.4 Å². The van der Waals surface area contributed by atoms with Gasteiger partial charge in [0, 0.05) is 5.56 Å². The van der Waals surface area contributed by atoms with E-state index in [0.29, 0.717) is 12.1 Å². The highest BCUT2D eigenvalue weighted by Crippen LogP contribution is 2.40. The van der Waals surface area contributed by atoms with E-state index in [4.69, 9.17) is 16.7 Å². The molecule has 106 valence electrons. The van der Waals surface area contributed by atoms with Crippen molar-refractivity contribution in [3.05, 3.63) is 34.5 Å². The molecule has 0 aliphatic heterocycles. The van der Waals surface area contributed by atoms with E-state index in [2.05, 4.69) is 10.2 Å². The van der Waals surface area contributed by atoms with E-state index in [-0.39, 0.29) is 17.0 Å². The van der Waals surface area contributed by atoms with Crippen LogP contribution in [0.25, 0.3) is 11.3 Å². The zero-order valence-corrected chi connectivity index (χ0v) is 10.2. The molecule has 9 heteroatoms. The molecule has 0 fully saturated rings. The van der Waals surface area contributed by atoms with Crippen molar-refractivity contribution in [2.75, 3.05) is 0 Å². The fourth-order valence-electron chi connectivity index (χ4n) is 1.53. The summed E-state index contributed by atoms with van der Waals surface area (Å²) in [6.07, 6.45) is -4.65. The van der Waals surface area contributed by atoms with Gasteiger partial charge in [-0.05, 0) is 18.2 Å². The van der Waals surface area contributed by atoms with Crippen molar-refractivity contribution in [2.24, 2.45) is 0 Å². The van der Waals surface area contributed by atoms with Gasteiger partial charge in [0.05, 0.1) is 16.3 Å². The van der Waals surface area contributed by atoms with Gasteiger partial charge in [-0.25, -0.2) is 4.79 Å². The number of H-pyrrole nitrogens is 1. The van der Waals surface area contributed by atoms with Crippen LogP contribution in [0.1, 0.15) is 16.1 Å². The highest BCUT2D eigenvalue weighted by molar-refractivity contribution is 6.32. The Balaban J connectivity index is 2.60. The van der Waals surface area contributed by atoms with Gasteiger partial charge in [-0.2, -0.15) is 18.3 Å². The van der Waals surface area contributed by atoms with Gasteiger partial charge in [-0.1, -0.05) is 11.6 Å². The van der Waals surface area contributed by atoms with Crippen LogP contribution in [0.4, 0.5) is 13.2 Å². The second-order valence-corrected chi connectivity index (χ2v) is 4.23. The lowest BCUT2D eigenvalue weighted by molar-refractivity contribution is -0.137. The monoisotopic (exact) mass is 306 g/mol. The third-order valence-corrected chi connectivity index (χ3v) is 2.76. The number of aromatic carboxylic acids is 1. The summed E-state index contributed by atoms with van der Waals surface area (Å²) in [5.41, 5.74) is -1.87. The van der Waals surface area contributed by atoms with Crippen LogP contribution in [0.3, 0.4) is 0 Å². The van der Waals surface area contributed by atoms with E-state index in [1.807, 2.05) is 0 Å². The van der Waals surface area contributed by atoms with E-state index in [9.17, 15) is 23.1 Å². The van der Waals surface area contributed by atoms with Crippen LogP contribution in [0.15, 0.2) is 18.2 Å². The first-order valence-electron chi connectivity index (χ1n) is 5.09. The highest BCUT2D eigenvalue weighted by Gasteiger charge is 2.32. The smallest absolute Gasteiger partial charge is 0.416 e. The first-order valence-corrected chi connectivity index (χ1v) is 5.46. The fourth-order valence-corrected chi connectivity index (χ4v) is 1.75.